The van der Waals surface area contributed by atoms with E-state index in [1.807, 2.05) is 6.92 Å². The molecule has 0 saturated carbocycles. The molecule has 4 heteroatoms. The molecule has 1 aliphatic heterocycles. The van der Waals surface area contributed by atoms with Crippen molar-refractivity contribution in [1.29, 1.82) is 0 Å². The van der Waals surface area contributed by atoms with Crippen LogP contribution in [-0.4, -0.2) is 31.3 Å². The lowest BCUT2D eigenvalue weighted by Gasteiger charge is -2.23. The monoisotopic (exact) mass is 184 g/mol. The first kappa shape index (κ1) is 10.1. The van der Waals surface area contributed by atoms with Crippen molar-refractivity contribution in [1.82, 2.24) is 10.6 Å². The Hall–Kier alpha value is -1.03. The average Bonchev–Trinajstić information content (AvgIpc) is 2.48. The van der Waals surface area contributed by atoms with Gasteiger partial charge in [-0.25, -0.2) is 4.79 Å². The molecule has 1 saturated heterocycles. The zero-order valence-corrected chi connectivity index (χ0v) is 7.93. The molecule has 1 heterocycles. The SMILES string of the molecule is C=CCNC(=O)NC1(C)CCOC1. The quantitative estimate of drug-likeness (QED) is 0.633. The molecule has 1 atom stereocenters. The molecule has 0 aliphatic carbocycles. The van der Waals surface area contributed by atoms with Gasteiger partial charge in [-0.05, 0) is 13.3 Å². The summed E-state index contributed by atoms with van der Waals surface area (Å²) in [4.78, 5) is 11.2. The van der Waals surface area contributed by atoms with Crippen molar-refractivity contribution < 1.29 is 9.53 Å². The standard InChI is InChI=1S/C9H16N2O2/c1-3-5-10-8(12)11-9(2)4-6-13-7-9/h3H,1,4-7H2,2H3,(H2,10,11,12). The predicted molar refractivity (Wildman–Crippen MR) is 50.6 cm³/mol. The van der Waals surface area contributed by atoms with Crippen LogP contribution in [0.5, 0.6) is 0 Å². The lowest BCUT2D eigenvalue weighted by molar-refractivity contribution is 0.170. The van der Waals surface area contributed by atoms with Gasteiger partial charge < -0.3 is 15.4 Å². The normalized spacial score (nSPS) is 26.8. The van der Waals surface area contributed by atoms with Crippen LogP contribution in [0.1, 0.15) is 13.3 Å². The second-order valence-electron chi connectivity index (χ2n) is 3.49. The molecule has 0 spiro atoms. The van der Waals surface area contributed by atoms with E-state index in [1.54, 1.807) is 6.08 Å². The molecule has 0 radical (unpaired) electrons. The Morgan fingerprint density at radius 1 is 1.77 bits per heavy atom. The highest BCUT2D eigenvalue weighted by Crippen LogP contribution is 2.16. The lowest BCUT2D eigenvalue weighted by atomic mass is 10.0. The molecule has 4 nitrogen and oxygen atoms in total. The summed E-state index contributed by atoms with van der Waals surface area (Å²) in [5, 5.41) is 5.53. The van der Waals surface area contributed by atoms with Crippen molar-refractivity contribution in [2.75, 3.05) is 19.8 Å². The van der Waals surface area contributed by atoms with Crippen LogP contribution in [0.3, 0.4) is 0 Å². The smallest absolute Gasteiger partial charge is 0.315 e. The zero-order chi connectivity index (χ0) is 9.73. The van der Waals surface area contributed by atoms with Gasteiger partial charge in [0.1, 0.15) is 0 Å². The van der Waals surface area contributed by atoms with Crippen LogP contribution in [0.25, 0.3) is 0 Å². The van der Waals surface area contributed by atoms with Crippen molar-refractivity contribution in [2.45, 2.75) is 18.9 Å². The molecule has 0 aromatic rings. The topological polar surface area (TPSA) is 50.4 Å². The van der Waals surface area contributed by atoms with Gasteiger partial charge in [0, 0.05) is 13.2 Å². The molecule has 2 amide bonds. The van der Waals surface area contributed by atoms with E-state index in [4.69, 9.17) is 4.74 Å². The average molecular weight is 184 g/mol. The summed E-state index contributed by atoms with van der Waals surface area (Å²) in [7, 11) is 0. The molecule has 1 fully saturated rings. The molecule has 1 unspecified atom stereocenters. The van der Waals surface area contributed by atoms with E-state index in [0.717, 1.165) is 13.0 Å². The maximum absolute atomic E-state index is 11.2. The van der Waals surface area contributed by atoms with Gasteiger partial charge in [0.2, 0.25) is 0 Å². The fourth-order valence-corrected chi connectivity index (χ4v) is 1.25. The second kappa shape index (κ2) is 4.28. The molecular weight excluding hydrogens is 168 g/mol. The Morgan fingerprint density at radius 2 is 2.54 bits per heavy atom. The van der Waals surface area contributed by atoms with Crippen LogP contribution < -0.4 is 10.6 Å². The Balaban J connectivity index is 2.29. The maximum Gasteiger partial charge on any atom is 0.315 e. The number of rotatable bonds is 3. The zero-order valence-electron chi connectivity index (χ0n) is 7.93. The maximum atomic E-state index is 11.2. The van der Waals surface area contributed by atoms with Gasteiger partial charge in [0.05, 0.1) is 12.1 Å². The van der Waals surface area contributed by atoms with Crippen molar-refractivity contribution in [3.8, 4) is 0 Å². The van der Waals surface area contributed by atoms with E-state index in [2.05, 4.69) is 17.2 Å². The first-order valence-electron chi connectivity index (χ1n) is 4.41. The summed E-state index contributed by atoms with van der Waals surface area (Å²) in [6.07, 6.45) is 2.52. The molecule has 1 rings (SSSR count). The van der Waals surface area contributed by atoms with Crippen molar-refractivity contribution in [3.05, 3.63) is 12.7 Å². The number of ether oxygens (including phenoxy) is 1. The second-order valence-corrected chi connectivity index (χ2v) is 3.49. The summed E-state index contributed by atoms with van der Waals surface area (Å²) in [5.41, 5.74) is -0.203. The molecule has 0 aromatic carbocycles. The largest absolute Gasteiger partial charge is 0.379 e. The third kappa shape index (κ3) is 3.06. The summed E-state index contributed by atoms with van der Waals surface area (Å²) >= 11 is 0. The van der Waals surface area contributed by atoms with E-state index in [1.165, 1.54) is 0 Å². The Morgan fingerprint density at radius 3 is 3.08 bits per heavy atom. The van der Waals surface area contributed by atoms with E-state index in [-0.39, 0.29) is 11.6 Å². The Labute approximate surface area is 78.3 Å². The first-order chi connectivity index (χ1) is 6.16. The fourth-order valence-electron chi connectivity index (χ4n) is 1.25. The number of amides is 2. The van der Waals surface area contributed by atoms with E-state index >= 15 is 0 Å². The number of hydrogen-bond donors (Lipinski definition) is 2. The summed E-state index contributed by atoms with van der Waals surface area (Å²) in [6, 6.07) is -0.159. The van der Waals surface area contributed by atoms with Crippen LogP contribution in [-0.2, 0) is 4.74 Å². The third-order valence-corrected chi connectivity index (χ3v) is 2.04. The molecule has 74 valence electrons. The minimum Gasteiger partial charge on any atom is -0.379 e. The van der Waals surface area contributed by atoms with Crippen molar-refractivity contribution >= 4 is 6.03 Å². The summed E-state index contributed by atoms with van der Waals surface area (Å²) < 4.78 is 5.20. The summed E-state index contributed by atoms with van der Waals surface area (Å²) in [6.45, 7) is 7.30. The molecular formula is C9H16N2O2. The van der Waals surface area contributed by atoms with E-state index in [9.17, 15) is 4.79 Å². The highest BCUT2D eigenvalue weighted by molar-refractivity contribution is 5.74. The van der Waals surface area contributed by atoms with Crippen LogP contribution in [0, 0.1) is 0 Å². The molecule has 0 bridgehead atoms. The lowest BCUT2D eigenvalue weighted by Crippen LogP contribution is -2.50. The third-order valence-electron chi connectivity index (χ3n) is 2.04. The number of urea groups is 1. The van der Waals surface area contributed by atoms with Crippen molar-refractivity contribution in [2.24, 2.45) is 0 Å². The fraction of sp³-hybridized carbons (Fsp3) is 0.667. The van der Waals surface area contributed by atoms with Gasteiger partial charge in [0.15, 0.2) is 0 Å². The number of hydrogen-bond acceptors (Lipinski definition) is 2. The number of nitrogens with one attached hydrogen (secondary N) is 2. The van der Waals surface area contributed by atoms with Gasteiger partial charge in [-0.15, -0.1) is 6.58 Å². The highest BCUT2D eigenvalue weighted by Gasteiger charge is 2.30. The molecule has 0 aromatic heterocycles. The first-order valence-corrected chi connectivity index (χ1v) is 4.41. The minimum absolute atomic E-state index is 0.159. The molecule has 1 aliphatic rings. The molecule has 13 heavy (non-hydrogen) atoms. The van der Waals surface area contributed by atoms with Gasteiger partial charge in [-0.3, -0.25) is 0 Å². The number of carbonyl (C=O) groups excluding carboxylic acids is 1. The number of carbonyl (C=O) groups is 1. The van der Waals surface area contributed by atoms with Crippen LogP contribution in [0.2, 0.25) is 0 Å². The van der Waals surface area contributed by atoms with Gasteiger partial charge >= 0.3 is 6.03 Å². The minimum atomic E-state index is -0.203. The van der Waals surface area contributed by atoms with Crippen LogP contribution in [0.15, 0.2) is 12.7 Å². The van der Waals surface area contributed by atoms with Gasteiger partial charge in [0.25, 0.3) is 0 Å². The van der Waals surface area contributed by atoms with Gasteiger partial charge in [-0.1, -0.05) is 6.08 Å². The van der Waals surface area contributed by atoms with E-state index < -0.39 is 0 Å². The van der Waals surface area contributed by atoms with E-state index in [0.29, 0.717) is 13.2 Å². The predicted octanol–water partition coefficient (Wildman–Crippen LogP) is 0.651. The highest BCUT2D eigenvalue weighted by atomic mass is 16.5. The molecule has 2 N–H and O–H groups in total. The summed E-state index contributed by atoms with van der Waals surface area (Å²) in [5.74, 6) is 0. The van der Waals surface area contributed by atoms with Gasteiger partial charge in [-0.2, -0.15) is 0 Å². The van der Waals surface area contributed by atoms with Crippen LogP contribution in [0.4, 0.5) is 4.79 Å². The van der Waals surface area contributed by atoms with Crippen LogP contribution >= 0.6 is 0 Å². The Kier molecular flexibility index (Phi) is 3.31. The Bertz CT molecular complexity index is 198. The van der Waals surface area contributed by atoms with Crippen molar-refractivity contribution in [3.63, 3.8) is 0 Å².